The number of hydrogen-bond donors (Lipinski definition) is 1. The van der Waals surface area contributed by atoms with Crippen LogP contribution < -0.4 is 10.2 Å². The number of amides is 2. The van der Waals surface area contributed by atoms with Crippen LogP contribution in [0, 0.1) is 0 Å². The van der Waals surface area contributed by atoms with Crippen molar-refractivity contribution in [3.8, 4) is 0 Å². The average Bonchev–Trinajstić information content (AvgIpc) is 2.85. The third-order valence-electron chi connectivity index (χ3n) is 4.12. The van der Waals surface area contributed by atoms with Gasteiger partial charge in [0.05, 0.1) is 20.3 Å². The van der Waals surface area contributed by atoms with Gasteiger partial charge in [-0.3, -0.25) is 4.79 Å². The summed E-state index contributed by atoms with van der Waals surface area (Å²) in [5.41, 5.74) is 1.04. The van der Waals surface area contributed by atoms with Gasteiger partial charge in [0.1, 0.15) is 11.6 Å². The average molecular weight is 392 g/mol. The van der Waals surface area contributed by atoms with Crippen LogP contribution in [0.5, 0.6) is 0 Å². The van der Waals surface area contributed by atoms with Crippen molar-refractivity contribution in [2.75, 3.05) is 25.2 Å². The molecule has 1 aliphatic heterocycles. The number of benzene rings is 1. The summed E-state index contributed by atoms with van der Waals surface area (Å²) < 4.78 is 15.5. The number of ether oxygens (including phenoxy) is 3. The Labute approximate surface area is 165 Å². The Kier molecular flexibility index (Phi) is 7.39. The Morgan fingerprint density at radius 2 is 1.96 bits per heavy atom. The number of para-hydroxylation sites is 1. The number of alkyl carbamates (subject to hydrolysis) is 1. The summed E-state index contributed by atoms with van der Waals surface area (Å²) in [5.74, 6) is -0.781. The van der Waals surface area contributed by atoms with E-state index in [1.54, 1.807) is 25.7 Å². The second-order valence-corrected chi connectivity index (χ2v) is 7.49. The predicted octanol–water partition coefficient (Wildman–Crippen LogP) is 2.40. The van der Waals surface area contributed by atoms with E-state index in [1.807, 2.05) is 24.3 Å². The van der Waals surface area contributed by atoms with E-state index in [-0.39, 0.29) is 18.7 Å². The highest BCUT2D eigenvalue weighted by Gasteiger charge is 2.27. The quantitative estimate of drug-likeness (QED) is 0.774. The molecule has 0 spiro atoms. The molecule has 2 rings (SSSR count). The molecule has 0 saturated carbocycles. The van der Waals surface area contributed by atoms with Gasteiger partial charge in [0.15, 0.2) is 0 Å². The summed E-state index contributed by atoms with van der Waals surface area (Å²) >= 11 is 0. The molecular weight excluding hydrogens is 364 g/mol. The van der Waals surface area contributed by atoms with E-state index < -0.39 is 23.7 Å². The molecule has 1 aliphatic rings. The van der Waals surface area contributed by atoms with E-state index in [0.717, 1.165) is 11.3 Å². The smallest absolute Gasteiger partial charge is 0.408 e. The van der Waals surface area contributed by atoms with E-state index in [0.29, 0.717) is 19.8 Å². The lowest BCUT2D eigenvalue weighted by Crippen LogP contribution is -2.45. The molecule has 0 bridgehead atoms. The third kappa shape index (κ3) is 6.23. The summed E-state index contributed by atoms with van der Waals surface area (Å²) in [6, 6.07) is 6.59. The number of nitrogens with one attached hydrogen (secondary N) is 1. The summed E-state index contributed by atoms with van der Waals surface area (Å²) in [7, 11) is 1.23. The second kappa shape index (κ2) is 9.54. The molecule has 28 heavy (non-hydrogen) atoms. The minimum atomic E-state index is -0.970. The van der Waals surface area contributed by atoms with Crippen molar-refractivity contribution < 1.29 is 28.6 Å². The monoisotopic (exact) mass is 392 g/mol. The maximum Gasteiger partial charge on any atom is 0.408 e. The SMILES string of the molecule is COC(=O)[C@H](CCC(=O)N1CCOCc2ccccc21)NC(=O)OC(C)(C)C. The highest BCUT2D eigenvalue weighted by atomic mass is 16.6. The first-order chi connectivity index (χ1) is 13.2. The van der Waals surface area contributed by atoms with E-state index in [4.69, 9.17) is 14.2 Å². The molecule has 0 saturated heterocycles. The molecule has 8 heteroatoms. The van der Waals surface area contributed by atoms with Crippen LogP contribution in [0.1, 0.15) is 39.2 Å². The maximum atomic E-state index is 12.8. The van der Waals surface area contributed by atoms with E-state index in [2.05, 4.69) is 5.32 Å². The summed E-state index contributed by atoms with van der Waals surface area (Å²) in [6.07, 6.45) is -0.572. The van der Waals surface area contributed by atoms with Crippen LogP contribution in [0.2, 0.25) is 0 Å². The molecular formula is C20H28N2O6. The largest absolute Gasteiger partial charge is 0.467 e. The molecule has 2 amide bonds. The summed E-state index contributed by atoms with van der Waals surface area (Å²) in [6.45, 7) is 6.48. The molecule has 0 aromatic heterocycles. The lowest BCUT2D eigenvalue weighted by atomic mass is 10.1. The molecule has 0 unspecified atom stereocenters. The van der Waals surface area contributed by atoms with Crippen molar-refractivity contribution in [1.82, 2.24) is 5.32 Å². The van der Waals surface area contributed by atoms with Crippen molar-refractivity contribution in [1.29, 1.82) is 0 Å². The van der Waals surface area contributed by atoms with Gasteiger partial charge in [0.2, 0.25) is 5.91 Å². The molecule has 1 N–H and O–H groups in total. The first-order valence-electron chi connectivity index (χ1n) is 9.24. The van der Waals surface area contributed by atoms with Crippen molar-refractivity contribution in [3.05, 3.63) is 29.8 Å². The molecule has 8 nitrogen and oxygen atoms in total. The normalized spacial score (nSPS) is 15.1. The zero-order chi connectivity index (χ0) is 20.7. The van der Waals surface area contributed by atoms with Crippen LogP contribution in [-0.4, -0.2) is 49.9 Å². The van der Waals surface area contributed by atoms with Gasteiger partial charge in [-0.25, -0.2) is 9.59 Å². The molecule has 154 valence electrons. The molecule has 1 aromatic carbocycles. The fraction of sp³-hybridized carbons (Fsp3) is 0.550. The van der Waals surface area contributed by atoms with Gasteiger partial charge in [-0.05, 0) is 33.3 Å². The van der Waals surface area contributed by atoms with Gasteiger partial charge in [-0.2, -0.15) is 0 Å². The van der Waals surface area contributed by atoms with Crippen molar-refractivity contribution in [3.63, 3.8) is 0 Å². The van der Waals surface area contributed by atoms with Crippen LogP contribution >= 0.6 is 0 Å². The first-order valence-corrected chi connectivity index (χ1v) is 9.24. The van der Waals surface area contributed by atoms with Gasteiger partial charge in [0, 0.05) is 24.2 Å². The standard InChI is InChI=1S/C20H28N2O6/c1-20(2,3)28-19(25)21-15(18(24)26-4)9-10-17(23)22-11-12-27-13-14-7-5-6-8-16(14)22/h5-8,15H,9-13H2,1-4H3,(H,21,25)/t15-/m0/s1. The number of carbonyl (C=O) groups is 3. The summed E-state index contributed by atoms with van der Waals surface area (Å²) in [4.78, 5) is 38.5. The molecule has 0 aliphatic carbocycles. The van der Waals surface area contributed by atoms with Crippen LogP contribution in [0.3, 0.4) is 0 Å². The van der Waals surface area contributed by atoms with Crippen molar-refractivity contribution in [2.45, 2.75) is 51.9 Å². The van der Waals surface area contributed by atoms with Crippen LogP contribution in [-0.2, 0) is 30.4 Å². The van der Waals surface area contributed by atoms with Crippen molar-refractivity contribution in [2.24, 2.45) is 0 Å². The number of anilines is 1. The number of hydrogen-bond acceptors (Lipinski definition) is 6. The minimum absolute atomic E-state index is 0.0594. The highest BCUT2D eigenvalue weighted by molar-refractivity contribution is 5.94. The Bertz CT molecular complexity index is 713. The van der Waals surface area contributed by atoms with Gasteiger partial charge < -0.3 is 24.4 Å². The van der Waals surface area contributed by atoms with E-state index in [9.17, 15) is 14.4 Å². The van der Waals surface area contributed by atoms with Gasteiger partial charge in [-0.1, -0.05) is 18.2 Å². The predicted molar refractivity (Wildman–Crippen MR) is 103 cm³/mol. The highest BCUT2D eigenvalue weighted by Crippen LogP contribution is 2.24. The lowest BCUT2D eigenvalue weighted by Gasteiger charge is -2.24. The Balaban J connectivity index is 2.03. The topological polar surface area (TPSA) is 94.2 Å². The van der Waals surface area contributed by atoms with E-state index >= 15 is 0 Å². The number of nitrogens with zero attached hydrogens (tertiary/aromatic N) is 1. The molecule has 1 heterocycles. The Morgan fingerprint density at radius 1 is 1.25 bits per heavy atom. The zero-order valence-electron chi connectivity index (χ0n) is 16.8. The van der Waals surface area contributed by atoms with E-state index in [1.165, 1.54) is 7.11 Å². The molecule has 0 radical (unpaired) electrons. The molecule has 1 atom stereocenters. The number of carbonyl (C=O) groups excluding carboxylic acids is 3. The zero-order valence-corrected chi connectivity index (χ0v) is 16.8. The Morgan fingerprint density at radius 3 is 2.64 bits per heavy atom. The number of methoxy groups -OCH3 is 1. The molecule has 0 fully saturated rings. The van der Waals surface area contributed by atoms with Crippen LogP contribution in [0.25, 0.3) is 0 Å². The van der Waals surface area contributed by atoms with Crippen LogP contribution in [0.4, 0.5) is 10.5 Å². The minimum Gasteiger partial charge on any atom is -0.467 e. The summed E-state index contributed by atoms with van der Waals surface area (Å²) in [5, 5.41) is 2.48. The fourth-order valence-electron chi connectivity index (χ4n) is 2.86. The third-order valence-corrected chi connectivity index (χ3v) is 4.12. The van der Waals surface area contributed by atoms with Crippen molar-refractivity contribution >= 4 is 23.7 Å². The molecule has 1 aromatic rings. The first kappa shape index (κ1) is 21.7. The van der Waals surface area contributed by atoms with Gasteiger partial charge in [0.25, 0.3) is 0 Å². The Hall–Kier alpha value is -2.61. The van der Waals surface area contributed by atoms with Gasteiger partial charge >= 0.3 is 12.1 Å². The fourth-order valence-corrected chi connectivity index (χ4v) is 2.86. The second-order valence-electron chi connectivity index (χ2n) is 7.49. The van der Waals surface area contributed by atoms with Crippen LogP contribution in [0.15, 0.2) is 24.3 Å². The lowest BCUT2D eigenvalue weighted by molar-refractivity contribution is -0.143. The number of rotatable bonds is 5. The van der Waals surface area contributed by atoms with Gasteiger partial charge in [-0.15, -0.1) is 0 Å². The number of fused-ring (bicyclic) bond motifs is 1. The maximum absolute atomic E-state index is 12.8. The number of esters is 1.